The van der Waals surface area contributed by atoms with Crippen LogP contribution < -0.4 is 5.32 Å². The van der Waals surface area contributed by atoms with Crippen molar-refractivity contribution >= 4 is 17.3 Å². The van der Waals surface area contributed by atoms with Crippen molar-refractivity contribution in [1.29, 1.82) is 5.26 Å². The normalized spacial score (nSPS) is 10.5. The molecule has 1 aromatic carbocycles. The minimum absolute atomic E-state index is 0.191. The second kappa shape index (κ2) is 4.72. The van der Waals surface area contributed by atoms with Crippen molar-refractivity contribution < 1.29 is 9.66 Å². The fourth-order valence-corrected chi connectivity index (χ4v) is 0.974. The Hall–Kier alpha value is -2.42. The number of hydrogen-bond donors (Lipinski definition) is 1. The van der Waals surface area contributed by atoms with Crippen LogP contribution in [-0.2, 0) is 4.79 Å². The van der Waals surface area contributed by atoms with Gasteiger partial charge in [-0.15, -0.1) is 0 Å². The van der Waals surface area contributed by atoms with E-state index in [0.717, 1.165) is 0 Å². The van der Waals surface area contributed by atoms with Crippen LogP contribution in [0.3, 0.4) is 0 Å². The molecule has 1 rings (SSSR count). The van der Waals surface area contributed by atoms with Crippen LogP contribution >= 0.6 is 0 Å². The van der Waals surface area contributed by atoms with Crippen molar-refractivity contribution in [2.24, 2.45) is 5.11 Å². The molecule has 0 fully saturated rings. The Balaban J connectivity index is 2.86. The Morgan fingerprint density at radius 3 is 2.60 bits per heavy atom. The van der Waals surface area contributed by atoms with E-state index in [1.165, 1.54) is 25.2 Å². The van der Waals surface area contributed by atoms with E-state index in [2.05, 4.69) is 10.4 Å². The van der Waals surface area contributed by atoms with Crippen LogP contribution in [0.4, 0.5) is 11.4 Å². The Morgan fingerprint density at radius 2 is 2.13 bits per heavy atom. The van der Waals surface area contributed by atoms with Crippen molar-refractivity contribution in [3.63, 3.8) is 0 Å². The lowest BCUT2D eigenvalue weighted by atomic mass is 10.3. The minimum atomic E-state index is -0.191. The summed E-state index contributed by atoms with van der Waals surface area (Å²) in [4.78, 5) is 10.9. The topological polar surface area (TPSA) is 91.3 Å². The van der Waals surface area contributed by atoms with E-state index < -0.39 is 0 Å². The molecule has 0 aromatic heterocycles. The molecule has 0 bridgehead atoms. The third-order valence-corrected chi connectivity index (χ3v) is 1.54. The number of nitrogens with zero attached hydrogens (tertiary/aromatic N) is 3. The van der Waals surface area contributed by atoms with Crippen LogP contribution in [0.15, 0.2) is 29.4 Å². The van der Waals surface area contributed by atoms with E-state index in [9.17, 15) is 10.0 Å². The van der Waals surface area contributed by atoms with Gasteiger partial charge < -0.3 is 10.5 Å². The van der Waals surface area contributed by atoms with Gasteiger partial charge in [0, 0.05) is 24.7 Å². The molecule has 6 nitrogen and oxygen atoms in total. The molecule has 0 spiro atoms. The van der Waals surface area contributed by atoms with Crippen molar-refractivity contribution in [3.8, 4) is 6.19 Å². The molecule has 1 aromatic rings. The molecule has 1 N–H and O–H groups in total. The molecular weight excluding hydrogens is 196 g/mol. The number of nitriles is 1. The summed E-state index contributed by atoms with van der Waals surface area (Å²) in [5, 5.41) is 24.7. The summed E-state index contributed by atoms with van der Waals surface area (Å²) < 4.78 is 0. The van der Waals surface area contributed by atoms with Crippen LogP contribution in [0, 0.1) is 16.7 Å². The van der Waals surface area contributed by atoms with E-state index in [4.69, 9.17) is 5.26 Å². The number of azo groups is 1. The number of carbonyl (C=O) groups excluding carboxylic acids is 1. The van der Waals surface area contributed by atoms with Crippen molar-refractivity contribution in [1.82, 2.24) is 0 Å². The van der Waals surface area contributed by atoms with Gasteiger partial charge in [-0.25, -0.2) is 0 Å². The Bertz CT molecular complexity index is 430. The van der Waals surface area contributed by atoms with Crippen LogP contribution in [0.1, 0.15) is 6.92 Å². The highest BCUT2D eigenvalue weighted by molar-refractivity contribution is 5.88. The van der Waals surface area contributed by atoms with Crippen molar-refractivity contribution in [2.45, 2.75) is 6.92 Å². The second-order valence-corrected chi connectivity index (χ2v) is 2.70. The molecule has 0 atom stereocenters. The van der Waals surface area contributed by atoms with E-state index in [-0.39, 0.29) is 16.5 Å². The Labute approximate surface area is 86.0 Å². The molecule has 0 radical (unpaired) electrons. The summed E-state index contributed by atoms with van der Waals surface area (Å²) >= 11 is 0. The van der Waals surface area contributed by atoms with Gasteiger partial charge in [-0.2, -0.15) is 5.26 Å². The molecule has 76 valence electrons. The highest BCUT2D eigenvalue weighted by atomic mass is 16.5. The number of benzene rings is 1. The van der Waals surface area contributed by atoms with Crippen molar-refractivity contribution in [2.75, 3.05) is 5.32 Å². The standard InChI is InChI=1S/C9H8N4O2/c1-7(14)12-8-2-4-9(5-3-8)13(15)11-6-10/h2-5H,1H3,(H,12,14). The zero-order valence-electron chi connectivity index (χ0n) is 7.97. The average Bonchev–Trinajstić information content (AvgIpc) is 2.18. The maximum absolute atomic E-state index is 11.0. The maximum atomic E-state index is 11.0. The largest absolute Gasteiger partial charge is 0.593 e. The molecule has 0 saturated carbocycles. The highest BCUT2D eigenvalue weighted by Gasteiger charge is 2.03. The summed E-state index contributed by atoms with van der Waals surface area (Å²) in [6, 6.07) is 6.02. The third kappa shape index (κ3) is 3.08. The van der Waals surface area contributed by atoms with Crippen LogP contribution in [0.25, 0.3) is 0 Å². The smallest absolute Gasteiger partial charge is 0.274 e. The van der Waals surface area contributed by atoms with Gasteiger partial charge in [-0.05, 0) is 17.0 Å². The molecule has 0 unspecified atom stereocenters. The summed E-state index contributed by atoms with van der Waals surface area (Å²) in [7, 11) is 0. The molecular formula is C9H8N4O2. The predicted octanol–water partition coefficient (Wildman–Crippen LogP) is 1.72. The summed E-state index contributed by atoms with van der Waals surface area (Å²) in [5.74, 6) is -0.191. The molecule has 0 heterocycles. The molecule has 6 heteroatoms. The fraction of sp³-hybridized carbons (Fsp3) is 0.111. The molecule has 0 aliphatic heterocycles. The maximum Gasteiger partial charge on any atom is 0.274 e. The highest BCUT2D eigenvalue weighted by Crippen LogP contribution is 2.15. The number of carbonyl (C=O) groups is 1. The van der Waals surface area contributed by atoms with Gasteiger partial charge in [-0.3, -0.25) is 4.79 Å². The molecule has 0 aliphatic carbocycles. The van der Waals surface area contributed by atoms with Crippen LogP contribution in [0.2, 0.25) is 0 Å². The van der Waals surface area contributed by atoms with Crippen molar-refractivity contribution in [3.05, 3.63) is 29.5 Å². The first-order chi connectivity index (χ1) is 7.13. The summed E-state index contributed by atoms with van der Waals surface area (Å²) in [6.45, 7) is 1.39. The van der Waals surface area contributed by atoms with E-state index in [0.29, 0.717) is 5.69 Å². The minimum Gasteiger partial charge on any atom is -0.593 e. The van der Waals surface area contributed by atoms with E-state index >= 15 is 0 Å². The lowest BCUT2D eigenvalue weighted by Gasteiger charge is -2.01. The van der Waals surface area contributed by atoms with Gasteiger partial charge in [0.05, 0.1) is 5.11 Å². The monoisotopic (exact) mass is 204 g/mol. The lowest BCUT2D eigenvalue weighted by Crippen LogP contribution is -2.05. The SMILES string of the molecule is CC(=O)Nc1ccc([N+]([O-])=NC#N)cc1. The van der Waals surface area contributed by atoms with Gasteiger partial charge in [-0.1, -0.05) is 0 Å². The Kier molecular flexibility index (Phi) is 3.35. The van der Waals surface area contributed by atoms with Crippen LogP contribution in [-0.4, -0.2) is 10.8 Å². The number of nitrogens with one attached hydrogen (secondary N) is 1. The number of amides is 1. The fourth-order valence-electron chi connectivity index (χ4n) is 0.974. The zero-order valence-corrected chi connectivity index (χ0v) is 7.97. The third-order valence-electron chi connectivity index (χ3n) is 1.54. The van der Waals surface area contributed by atoms with Gasteiger partial charge in [0.2, 0.25) is 11.6 Å². The van der Waals surface area contributed by atoms with E-state index in [1.807, 2.05) is 0 Å². The molecule has 1 amide bonds. The number of anilines is 1. The molecule has 0 aliphatic rings. The van der Waals surface area contributed by atoms with Gasteiger partial charge in [0.1, 0.15) is 0 Å². The molecule has 15 heavy (non-hydrogen) atoms. The Morgan fingerprint density at radius 1 is 1.53 bits per heavy atom. The molecule has 0 saturated heterocycles. The first kappa shape index (κ1) is 10.7. The number of hydrogen-bond acceptors (Lipinski definition) is 4. The summed E-state index contributed by atoms with van der Waals surface area (Å²) in [6.07, 6.45) is 1.38. The van der Waals surface area contributed by atoms with Gasteiger partial charge >= 0.3 is 0 Å². The van der Waals surface area contributed by atoms with Crippen LogP contribution in [0.5, 0.6) is 0 Å². The van der Waals surface area contributed by atoms with Gasteiger partial charge in [0.25, 0.3) is 6.19 Å². The predicted molar refractivity (Wildman–Crippen MR) is 52.1 cm³/mol. The van der Waals surface area contributed by atoms with Gasteiger partial charge in [0.15, 0.2) is 0 Å². The quantitative estimate of drug-likeness (QED) is 0.344. The second-order valence-electron chi connectivity index (χ2n) is 2.70. The lowest BCUT2D eigenvalue weighted by molar-refractivity contribution is -0.435. The first-order valence-corrected chi connectivity index (χ1v) is 4.08. The van der Waals surface area contributed by atoms with E-state index in [1.54, 1.807) is 12.1 Å². The zero-order chi connectivity index (χ0) is 11.3. The average molecular weight is 204 g/mol. The first-order valence-electron chi connectivity index (χ1n) is 4.08. The number of rotatable bonds is 2. The summed E-state index contributed by atoms with van der Waals surface area (Å²) in [5.41, 5.74) is 0.808.